The Kier molecular flexibility index (Phi) is 5.66. The first-order chi connectivity index (χ1) is 14.1. The summed E-state index contributed by atoms with van der Waals surface area (Å²) in [6.07, 6.45) is -3.47. The minimum Gasteiger partial charge on any atom is -0.506 e. The molecular formula is C18H21F4N3O4S. The van der Waals surface area contributed by atoms with Crippen molar-refractivity contribution in [2.24, 2.45) is 5.92 Å². The van der Waals surface area contributed by atoms with Gasteiger partial charge in [-0.1, -0.05) is 0 Å². The molecule has 2 fully saturated rings. The van der Waals surface area contributed by atoms with Crippen molar-refractivity contribution in [2.75, 3.05) is 23.9 Å². The molecule has 1 aliphatic carbocycles. The van der Waals surface area contributed by atoms with Crippen molar-refractivity contribution in [2.45, 2.75) is 44.7 Å². The van der Waals surface area contributed by atoms with Gasteiger partial charge in [-0.3, -0.25) is 23.5 Å². The van der Waals surface area contributed by atoms with E-state index in [1.54, 1.807) is 0 Å². The predicted molar refractivity (Wildman–Crippen MR) is 98.9 cm³/mol. The van der Waals surface area contributed by atoms with Crippen molar-refractivity contribution >= 4 is 22.8 Å². The van der Waals surface area contributed by atoms with Crippen molar-refractivity contribution in [3.05, 3.63) is 23.0 Å². The van der Waals surface area contributed by atoms with Crippen LogP contribution >= 0.6 is 0 Å². The zero-order valence-electron chi connectivity index (χ0n) is 15.9. The van der Waals surface area contributed by atoms with Gasteiger partial charge >= 0.3 is 6.36 Å². The lowest BCUT2D eigenvalue weighted by Gasteiger charge is -2.37. The number of nitrogens with one attached hydrogen (secondary N) is 1. The lowest BCUT2D eigenvalue weighted by Crippen LogP contribution is -2.39. The second-order valence-electron chi connectivity index (χ2n) is 7.84. The number of hydrogen-bond acceptors (Lipinski definition) is 5. The maximum Gasteiger partial charge on any atom is 0.522 e. The zero-order chi connectivity index (χ0) is 21.6. The number of phenolic OH excluding ortho intramolecular Hbond substituents is 1. The van der Waals surface area contributed by atoms with Gasteiger partial charge in [-0.25, -0.2) is 8.60 Å². The van der Waals surface area contributed by atoms with Gasteiger partial charge in [-0.2, -0.15) is 0 Å². The third-order valence-corrected chi connectivity index (χ3v) is 6.89. The van der Waals surface area contributed by atoms with Crippen LogP contribution in [-0.4, -0.2) is 52.2 Å². The van der Waals surface area contributed by atoms with Gasteiger partial charge in [-0.15, -0.1) is 13.2 Å². The van der Waals surface area contributed by atoms with Gasteiger partial charge in [0.2, 0.25) is 11.2 Å². The molecule has 4 rings (SSSR count). The first kappa shape index (κ1) is 21.3. The highest BCUT2D eigenvalue weighted by molar-refractivity contribution is 7.85. The average molecular weight is 451 g/mol. The number of fused-ring (bicyclic) bond motifs is 1. The summed E-state index contributed by atoms with van der Waals surface area (Å²) in [5.74, 6) is -1.46. The Balaban J connectivity index is 1.38. The van der Waals surface area contributed by atoms with E-state index in [9.17, 15) is 27.3 Å². The molecule has 7 nitrogen and oxygen atoms in total. The molecule has 2 heterocycles. The molecule has 0 bridgehead atoms. The summed E-state index contributed by atoms with van der Waals surface area (Å²) in [5.41, 5.74) is 0.757. The molecule has 1 unspecified atom stereocenters. The van der Waals surface area contributed by atoms with E-state index >= 15 is 4.39 Å². The first-order valence-corrected chi connectivity index (χ1v) is 10.7. The number of nitrogens with zero attached hydrogens (tertiary/aromatic N) is 2. The molecule has 2 aliphatic heterocycles. The molecule has 1 saturated carbocycles. The van der Waals surface area contributed by atoms with Gasteiger partial charge in [0.25, 0.3) is 5.91 Å². The maximum absolute atomic E-state index is 15.2. The summed E-state index contributed by atoms with van der Waals surface area (Å²) in [5, 5.41) is 10.2. The lowest BCUT2D eigenvalue weighted by atomic mass is 9.80. The summed E-state index contributed by atoms with van der Waals surface area (Å²) in [6.45, 7) is 1.19. The zero-order valence-corrected chi connectivity index (χ0v) is 16.7. The minimum absolute atomic E-state index is 0.142. The van der Waals surface area contributed by atoms with E-state index in [1.165, 1.54) is 6.07 Å². The molecule has 1 saturated heterocycles. The van der Waals surface area contributed by atoms with Crippen LogP contribution in [0, 0.1) is 11.7 Å². The Morgan fingerprint density at radius 3 is 2.67 bits per heavy atom. The van der Waals surface area contributed by atoms with Gasteiger partial charge in [-0.05, 0) is 49.8 Å². The molecule has 12 heteroatoms. The molecule has 0 aromatic heterocycles. The van der Waals surface area contributed by atoms with E-state index in [0.29, 0.717) is 49.9 Å². The van der Waals surface area contributed by atoms with Gasteiger partial charge in [0.1, 0.15) is 18.0 Å². The van der Waals surface area contributed by atoms with E-state index in [-0.39, 0.29) is 30.4 Å². The molecule has 0 radical (unpaired) electrons. The summed E-state index contributed by atoms with van der Waals surface area (Å²) in [7, 11) is 0. The highest BCUT2D eigenvalue weighted by Gasteiger charge is 2.40. The summed E-state index contributed by atoms with van der Waals surface area (Å²) in [6, 6.07) is 1.44. The molecular weight excluding hydrogens is 430 g/mol. The summed E-state index contributed by atoms with van der Waals surface area (Å²) >= 11 is -1.96. The summed E-state index contributed by atoms with van der Waals surface area (Å²) < 4.78 is 70.9. The number of anilines is 1. The van der Waals surface area contributed by atoms with E-state index < -0.39 is 35.4 Å². The Labute approximate surface area is 172 Å². The number of rotatable bonds is 5. The van der Waals surface area contributed by atoms with E-state index in [0.717, 1.165) is 4.31 Å². The SMILES string of the molecule is O=C1CN(c2c(O)cc3c(c2F)CN(CCC2CC(OC(F)(F)F)C2)CC3)S(=O)N1. The standard InChI is InChI=1S/C18H21F4N3O4S/c19-16-13-8-24(3-1-10-5-12(6-10)29-18(20,21)22)4-2-11(13)7-14(26)17(16)25-9-15(27)23-30(25)28/h7,10,12,26H,1-6,8-9H2,(H,23,27). The molecule has 1 atom stereocenters. The maximum atomic E-state index is 15.2. The van der Waals surface area contributed by atoms with Crippen molar-refractivity contribution in [3.63, 3.8) is 0 Å². The average Bonchev–Trinajstić information content (AvgIpc) is 2.94. The van der Waals surface area contributed by atoms with Gasteiger partial charge in [0.15, 0.2) is 5.82 Å². The number of phenols is 1. The third-order valence-electron chi connectivity index (χ3n) is 5.78. The number of halogens is 4. The largest absolute Gasteiger partial charge is 0.522 e. The second-order valence-corrected chi connectivity index (χ2v) is 8.99. The van der Waals surface area contributed by atoms with Crippen molar-refractivity contribution in [3.8, 4) is 5.75 Å². The monoisotopic (exact) mass is 451 g/mol. The molecule has 1 aromatic carbocycles. The van der Waals surface area contributed by atoms with Crippen molar-refractivity contribution in [1.29, 1.82) is 0 Å². The number of benzene rings is 1. The van der Waals surface area contributed by atoms with E-state index in [1.807, 2.05) is 4.90 Å². The molecule has 30 heavy (non-hydrogen) atoms. The first-order valence-electron chi connectivity index (χ1n) is 9.59. The smallest absolute Gasteiger partial charge is 0.506 e. The lowest BCUT2D eigenvalue weighted by molar-refractivity contribution is -0.354. The third kappa shape index (κ3) is 4.40. The Bertz CT molecular complexity index is 876. The fraction of sp³-hybridized carbons (Fsp3) is 0.611. The molecule has 166 valence electrons. The van der Waals surface area contributed by atoms with Crippen LogP contribution in [0.1, 0.15) is 30.4 Å². The number of ether oxygens (including phenoxy) is 1. The Hall–Kier alpha value is -1.92. The predicted octanol–water partition coefficient (Wildman–Crippen LogP) is 2.11. The molecule has 1 aromatic rings. The number of aromatic hydroxyl groups is 1. The van der Waals surface area contributed by atoms with Gasteiger partial charge in [0.05, 0.1) is 6.10 Å². The number of amides is 1. The van der Waals surface area contributed by atoms with Crippen LogP contribution < -0.4 is 9.03 Å². The molecule has 0 spiro atoms. The van der Waals surface area contributed by atoms with Crippen LogP contribution in [0.3, 0.4) is 0 Å². The Morgan fingerprint density at radius 2 is 2.03 bits per heavy atom. The van der Waals surface area contributed by atoms with Gasteiger partial charge < -0.3 is 5.11 Å². The highest BCUT2D eigenvalue weighted by Crippen LogP contribution is 2.39. The quantitative estimate of drug-likeness (QED) is 0.671. The van der Waals surface area contributed by atoms with E-state index in [4.69, 9.17) is 0 Å². The fourth-order valence-corrected chi connectivity index (χ4v) is 5.16. The molecule has 1 amide bonds. The molecule has 2 N–H and O–H groups in total. The fourth-order valence-electron chi connectivity index (χ4n) is 4.22. The number of hydrogen-bond donors (Lipinski definition) is 2. The normalized spacial score (nSPS) is 27.0. The highest BCUT2D eigenvalue weighted by atomic mass is 32.2. The van der Waals surface area contributed by atoms with Crippen LogP contribution in [0.2, 0.25) is 0 Å². The number of carbonyl (C=O) groups excluding carboxylic acids is 1. The van der Waals surface area contributed by atoms with Crippen LogP contribution in [0.15, 0.2) is 6.07 Å². The minimum atomic E-state index is -4.61. The van der Waals surface area contributed by atoms with E-state index in [2.05, 4.69) is 9.46 Å². The van der Waals surface area contributed by atoms with Crippen LogP contribution in [-0.2, 0) is 33.7 Å². The van der Waals surface area contributed by atoms with Gasteiger partial charge in [0, 0.05) is 18.7 Å². The van der Waals surface area contributed by atoms with Crippen molar-refractivity contribution < 1.29 is 36.4 Å². The number of alkyl halides is 3. The van der Waals surface area contributed by atoms with Crippen LogP contribution in [0.4, 0.5) is 23.2 Å². The van der Waals surface area contributed by atoms with Crippen LogP contribution in [0.25, 0.3) is 0 Å². The topological polar surface area (TPSA) is 82.1 Å². The summed E-state index contributed by atoms with van der Waals surface area (Å²) in [4.78, 5) is 13.5. The number of carbonyl (C=O) groups is 1. The van der Waals surface area contributed by atoms with Crippen LogP contribution in [0.5, 0.6) is 5.75 Å². The molecule has 3 aliphatic rings. The Morgan fingerprint density at radius 1 is 1.30 bits per heavy atom. The second kappa shape index (κ2) is 7.97. The van der Waals surface area contributed by atoms with Crippen molar-refractivity contribution in [1.82, 2.24) is 9.62 Å².